The Morgan fingerprint density at radius 3 is 2.70 bits per heavy atom. The number of halogens is 1. The van der Waals surface area contributed by atoms with E-state index in [0.717, 1.165) is 17.0 Å². The van der Waals surface area contributed by atoms with Gasteiger partial charge in [-0.25, -0.2) is 9.37 Å². The van der Waals surface area contributed by atoms with Crippen molar-refractivity contribution in [2.45, 2.75) is 12.8 Å². The quantitative estimate of drug-likeness (QED) is 0.773. The minimum atomic E-state index is -0.275. The standard InChI is InChI=1S/C17H14FN3OS/c18-13-7-4-12(5-8-13)6-9-16(22)21-17-20-15(11-23-17)14-3-1-2-10-19-14/h1-5,7-8,10-11H,6,9H2,(H,20,21,22). The molecule has 0 fully saturated rings. The number of aromatic nitrogens is 2. The van der Waals surface area contributed by atoms with Crippen LogP contribution in [0.4, 0.5) is 9.52 Å². The van der Waals surface area contributed by atoms with Crippen molar-refractivity contribution in [2.24, 2.45) is 0 Å². The molecule has 0 aliphatic rings. The minimum absolute atomic E-state index is 0.115. The maximum atomic E-state index is 12.8. The second-order valence-corrected chi connectivity index (χ2v) is 5.79. The number of nitrogens with one attached hydrogen (secondary N) is 1. The lowest BCUT2D eigenvalue weighted by Crippen LogP contribution is -2.12. The van der Waals surface area contributed by atoms with Gasteiger partial charge in [-0.1, -0.05) is 18.2 Å². The largest absolute Gasteiger partial charge is 0.302 e. The topological polar surface area (TPSA) is 54.9 Å². The van der Waals surface area contributed by atoms with E-state index in [1.807, 2.05) is 23.6 Å². The average molecular weight is 327 g/mol. The van der Waals surface area contributed by atoms with Crippen molar-refractivity contribution in [3.63, 3.8) is 0 Å². The highest BCUT2D eigenvalue weighted by molar-refractivity contribution is 7.14. The molecule has 3 aromatic rings. The fourth-order valence-corrected chi connectivity index (χ4v) is 2.77. The van der Waals surface area contributed by atoms with Gasteiger partial charge in [0.05, 0.1) is 5.69 Å². The normalized spacial score (nSPS) is 10.5. The summed E-state index contributed by atoms with van der Waals surface area (Å²) in [6.45, 7) is 0. The van der Waals surface area contributed by atoms with Crippen molar-refractivity contribution in [1.82, 2.24) is 9.97 Å². The molecule has 0 unspecified atom stereocenters. The molecule has 6 heteroatoms. The van der Waals surface area contributed by atoms with Gasteiger partial charge < -0.3 is 5.32 Å². The zero-order valence-electron chi connectivity index (χ0n) is 12.2. The predicted molar refractivity (Wildman–Crippen MR) is 88.7 cm³/mol. The predicted octanol–water partition coefficient (Wildman–Crippen LogP) is 3.92. The number of aryl methyl sites for hydroxylation is 1. The van der Waals surface area contributed by atoms with Crippen LogP contribution in [0.3, 0.4) is 0 Å². The van der Waals surface area contributed by atoms with Crippen LogP contribution in [0.5, 0.6) is 0 Å². The Morgan fingerprint density at radius 2 is 1.96 bits per heavy atom. The molecule has 4 nitrogen and oxygen atoms in total. The number of thiazole rings is 1. The molecule has 1 aromatic carbocycles. The first kappa shape index (κ1) is 15.3. The van der Waals surface area contributed by atoms with Gasteiger partial charge in [-0.3, -0.25) is 9.78 Å². The zero-order chi connectivity index (χ0) is 16.1. The summed E-state index contributed by atoms with van der Waals surface area (Å²) >= 11 is 1.36. The third kappa shape index (κ3) is 4.20. The average Bonchev–Trinajstić information content (AvgIpc) is 3.04. The van der Waals surface area contributed by atoms with Crippen LogP contribution >= 0.6 is 11.3 Å². The third-order valence-electron chi connectivity index (χ3n) is 3.23. The van der Waals surface area contributed by atoms with Gasteiger partial charge in [-0.2, -0.15) is 0 Å². The second kappa shape index (κ2) is 7.11. The molecule has 2 heterocycles. The summed E-state index contributed by atoms with van der Waals surface area (Å²) in [6.07, 6.45) is 2.59. The SMILES string of the molecule is O=C(CCc1ccc(F)cc1)Nc1nc(-c2ccccn2)cs1. The van der Waals surface area contributed by atoms with Gasteiger partial charge in [-0.05, 0) is 36.2 Å². The molecule has 0 aliphatic heterocycles. The molecule has 0 saturated heterocycles. The second-order valence-electron chi connectivity index (χ2n) is 4.93. The monoisotopic (exact) mass is 327 g/mol. The molecule has 116 valence electrons. The summed E-state index contributed by atoms with van der Waals surface area (Å²) in [4.78, 5) is 20.6. The van der Waals surface area contributed by atoms with E-state index in [-0.39, 0.29) is 11.7 Å². The summed E-state index contributed by atoms with van der Waals surface area (Å²) in [5.41, 5.74) is 2.44. The van der Waals surface area contributed by atoms with E-state index in [1.54, 1.807) is 18.3 Å². The van der Waals surface area contributed by atoms with Crippen LogP contribution in [-0.4, -0.2) is 15.9 Å². The molecule has 1 N–H and O–H groups in total. The molecule has 0 atom stereocenters. The first-order valence-electron chi connectivity index (χ1n) is 7.12. The summed E-state index contributed by atoms with van der Waals surface area (Å²) in [6, 6.07) is 11.8. The summed E-state index contributed by atoms with van der Waals surface area (Å²) in [5, 5.41) is 5.19. The number of benzene rings is 1. The number of carbonyl (C=O) groups is 1. The van der Waals surface area contributed by atoms with Gasteiger partial charge in [-0.15, -0.1) is 11.3 Å². The molecule has 23 heavy (non-hydrogen) atoms. The Labute approximate surface area is 137 Å². The van der Waals surface area contributed by atoms with E-state index in [1.165, 1.54) is 23.5 Å². The van der Waals surface area contributed by atoms with Crippen LogP contribution in [0.25, 0.3) is 11.4 Å². The molecule has 0 spiro atoms. The maximum absolute atomic E-state index is 12.8. The lowest BCUT2D eigenvalue weighted by molar-refractivity contribution is -0.116. The Balaban J connectivity index is 1.56. The van der Waals surface area contributed by atoms with Crippen molar-refractivity contribution in [2.75, 3.05) is 5.32 Å². The van der Waals surface area contributed by atoms with Gasteiger partial charge in [0.25, 0.3) is 0 Å². The van der Waals surface area contributed by atoms with Crippen molar-refractivity contribution < 1.29 is 9.18 Å². The lowest BCUT2D eigenvalue weighted by atomic mass is 10.1. The molecule has 0 aliphatic carbocycles. The van der Waals surface area contributed by atoms with Crippen LogP contribution in [0.15, 0.2) is 54.0 Å². The molecule has 0 radical (unpaired) electrons. The number of hydrogen-bond donors (Lipinski definition) is 1. The summed E-state index contributed by atoms with van der Waals surface area (Å²) < 4.78 is 12.8. The van der Waals surface area contributed by atoms with E-state index < -0.39 is 0 Å². The number of nitrogens with zero attached hydrogens (tertiary/aromatic N) is 2. The summed E-state index contributed by atoms with van der Waals surface area (Å²) in [7, 11) is 0. The minimum Gasteiger partial charge on any atom is -0.302 e. The molecule has 2 aromatic heterocycles. The number of carbonyl (C=O) groups excluding carboxylic acids is 1. The van der Waals surface area contributed by atoms with Crippen molar-refractivity contribution in [3.05, 3.63) is 65.4 Å². The molecule has 0 bridgehead atoms. The Hall–Kier alpha value is -2.60. The van der Waals surface area contributed by atoms with Crippen molar-refractivity contribution >= 4 is 22.4 Å². The number of amides is 1. The van der Waals surface area contributed by atoms with Crippen LogP contribution in [-0.2, 0) is 11.2 Å². The first-order chi connectivity index (χ1) is 11.2. The molecular weight excluding hydrogens is 313 g/mol. The lowest BCUT2D eigenvalue weighted by Gasteiger charge is -2.02. The molecule has 3 rings (SSSR count). The maximum Gasteiger partial charge on any atom is 0.226 e. The molecule has 0 saturated carbocycles. The van der Waals surface area contributed by atoms with Gasteiger partial charge in [0.2, 0.25) is 5.91 Å². The van der Waals surface area contributed by atoms with E-state index in [4.69, 9.17) is 0 Å². The van der Waals surface area contributed by atoms with Gasteiger partial charge in [0, 0.05) is 18.0 Å². The van der Waals surface area contributed by atoms with Crippen LogP contribution in [0, 0.1) is 5.82 Å². The highest BCUT2D eigenvalue weighted by Gasteiger charge is 2.09. The smallest absolute Gasteiger partial charge is 0.226 e. The third-order valence-corrected chi connectivity index (χ3v) is 3.99. The number of anilines is 1. The van der Waals surface area contributed by atoms with E-state index >= 15 is 0 Å². The van der Waals surface area contributed by atoms with Crippen LogP contribution in [0.1, 0.15) is 12.0 Å². The number of pyridine rings is 1. The Morgan fingerprint density at radius 1 is 1.13 bits per heavy atom. The highest BCUT2D eigenvalue weighted by atomic mass is 32.1. The fourth-order valence-electron chi connectivity index (χ4n) is 2.05. The van der Waals surface area contributed by atoms with Gasteiger partial charge in [0.15, 0.2) is 5.13 Å². The van der Waals surface area contributed by atoms with E-state index in [0.29, 0.717) is 18.0 Å². The Bertz CT molecular complexity index is 787. The van der Waals surface area contributed by atoms with E-state index in [9.17, 15) is 9.18 Å². The molecule has 1 amide bonds. The van der Waals surface area contributed by atoms with Crippen molar-refractivity contribution in [3.8, 4) is 11.4 Å². The van der Waals surface area contributed by atoms with E-state index in [2.05, 4.69) is 15.3 Å². The first-order valence-corrected chi connectivity index (χ1v) is 8.00. The van der Waals surface area contributed by atoms with Crippen LogP contribution in [0.2, 0.25) is 0 Å². The highest BCUT2D eigenvalue weighted by Crippen LogP contribution is 2.23. The van der Waals surface area contributed by atoms with Crippen molar-refractivity contribution in [1.29, 1.82) is 0 Å². The molecular formula is C17H14FN3OS. The zero-order valence-corrected chi connectivity index (χ0v) is 13.0. The van der Waals surface area contributed by atoms with Gasteiger partial charge >= 0.3 is 0 Å². The summed E-state index contributed by atoms with van der Waals surface area (Å²) in [5.74, 6) is -0.390. The number of rotatable bonds is 5. The van der Waals surface area contributed by atoms with Gasteiger partial charge in [0.1, 0.15) is 11.5 Å². The number of hydrogen-bond acceptors (Lipinski definition) is 4. The van der Waals surface area contributed by atoms with Crippen LogP contribution < -0.4 is 5.32 Å². The fraction of sp³-hybridized carbons (Fsp3) is 0.118. The Kier molecular flexibility index (Phi) is 4.73.